The summed E-state index contributed by atoms with van der Waals surface area (Å²) in [5.74, 6) is 0.599. The van der Waals surface area contributed by atoms with Gasteiger partial charge in [0.15, 0.2) is 0 Å². The number of anilines is 1. The van der Waals surface area contributed by atoms with E-state index in [2.05, 4.69) is 56.2 Å². The third-order valence-electron chi connectivity index (χ3n) is 4.11. The standard InChI is InChI=1S/C16H26N2/c1-12(2)15-7-5-6-13(3)16(15)18-10-8-14(17-4)9-11-18/h5-7,12,14,17H,8-11H2,1-4H3. The van der Waals surface area contributed by atoms with E-state index in [0.29, 0.717) is 12.0 Å². The van der Waals surface area contributed by atoms with Crippen LogP contribution in [0.25, 0.3) is 0 Å². The molecule has 0 aliphatic carbocycles. The lowest BCUT2D eigenvalue weighted by Crippen LogP contribution is -2.41. The third kappa shape index (κ3) is 2.69. The van der Waals surface area contributed by atoms with Crippen molar-refractivity contribution in [1.82, 2.24) is 5.32 Å². The molecule has 0 amide bonds. The van der Waals surface area contributed by atoms with Crippen molar-refractivity contribution >= 4 is 5.69 Å². The molecule has 0 saturated carbocycles. The topological polar surface area (TPSA) is 15.3 Å². The van der Waals surface area contributed by atoms with Gasteiger partial charge in [-0.3, -0.25) is 0 Å². The van der Waals surface area contributed by atoms with Crippen molar-refractivity contribution in [2.24, 2.45) is 0 Å². The molecule has 2 rings (SSSR count). The molecule has 0 spiro atoms. The first-order valence-corrected chi connectivity index (χ1v) is 7.15. The lowest BCUT2D eigenvalue weighted by Gasteiger charge is -2.36. The SMILES string of the molecule is CNC1CCN(c2c(C)cccc2C(C)C)CC1. The van der Waals surface area contributed by atoms with Crippen LogP contribution in [0.15, 0.2) is 18.2 Å². The zero-order valence-corrected chi connectivity index (χ0v) is 12.2. The van der Waals surface area contributed by atoms with E-state index in [1.807, 2.05) is 0 Å². The van der Waals surface area contributed by atoms with E-state index in [9.17, 15) is 0 Å². The molecule has 0 bridgehead atoms. The average molecular weight is 246 g/mol. The Morgan fingerprint density at radius 2 is 1.89 bits per heavy atom. The van der Waals surface area contributed by atoms with Crippen molar-refractivity contribution in [1.29, 1.82) is 0 Å². The van der Waals surface area contributed by atoms with Crippen LogP contribution >= 0.6 is 0 Å². The van der Waals surface area contributed by atoms with Crippen molar-refractivity contribution in [3.63, 3.8) is 0 Å². The molecule has 18 heavy (non-hydrogen) atoms. The normalized spacial score (nSPS) is 17.5. The number of para-hydroxylation sites is 1. The van der Waals surface area contributed by atoms with Crippen molar-refractivity contribution in [2.45, 2.75) is 45.6 Å². The van der Waals surface area contributed by atoms with Crippen LogP contribution in [0.4, 0.5) is 5.69 Å². The number of benzene rings is 1. The number of piperidine rings is 1. The summed E-state index contributed by atoms with van der Waals surface area (Å²) in [5, 5.41) is 3.40. The second-order valence-corrected chi connectivity index (χ2v) is 5.72. The number of hydrogen-bond acceptors (Lipinski definition) is 2. The van der Waals surface area contributed by atoms with E-state index < -0.39 is 0 Å². The predicted octanol–water partition coefficient (Wildman–Crippen LogP) is 3.31. The molecule has 1 aliphatic heterocycles. The molecule has 2 nitrogen and oxygen atoms in total. The van der Waals surface area contributed by atoms with E-state index in [0.717, 1.165) is 0 Å². The zero-order chi connectivity index (χ0) is 13.1. The fraction of sp³-hybridized carbons (Fsp3) is 0.625. The van der Waals surface area contributed by atoms with Gasteiger partial charge in [0.2, 0.25) is 0 Å². The fourth-order valence-corrected chi connectivity index (χ4v) is 2.97. The maximum Gasteiger partial charge on any atom is 0.0431 e. The Kier molecular flexibility index (Phi) is 4.28. The molecule has 1 aliphatic rings. The molecule has 0 unspecified atom stereocenters. The van der Waals surface area contributed by atoms with Crippen molar-refractivity contribution in [2.75, 3.05) is 25.0 Å². The van der Waals surface area contributed by atoms with Gasteiger partial charge in [-0.15, -0.1) is 0 Å². The van der Waals surface area contributed by atoms with Crippen LogP contribution in [-0.4, -0.2) is 26.2 Å². The van der Waals surface area contributed by atoms with Gasteiger partial charge in [-0.05, 0) is 43.9 Å². The lowest BCUT2D eigenvalue weighted by molar-refractivity contribution is 0.441. The second-order valence-electron chi connectivity index (χ2n) is 5.72. The van der Waals surface area contributed by atoms with Crippen LogP contribution in [-0.2, 0) is 0 Å². The first-order chi connectivity index (χ1) is 8.63. The molecule has 1 aromatic rings. The summed E-state index contributed by atoms with van der Waals surface area (Å²) >= 11 is 0. The first kappa shape index (κ1) is 13.4. The molecular weight excluding hydrogens is 220 g/mol. The highest BCUT2D eigenvalue weighted by Crippen LogP contribution is 2.32. The molecular formula is C16H26N2. The van der Waals surface area contributed by atoms with E-state index in [-0.39, 0.29) is 0 Å². The highest BCUT2D eigenvalue weighted by atomic mass is 15.1. The second kappa shape index (κ2) is 5.75. The summed E-state index contributed by atoms with van der Waals surface area (Å²) in [6.07, 6.45) is 2.50. The van der Waals surface area contributed by atoms with Crippen molar-refractivity contribution in [3.8, 4) is 0 Å². The Morgan fingerprint density at radius 3 is 2.44 bits per heavy atom. The van der Waals surface area contributed by atoms with Gasteiger partial charge in [-0.25, -0.2) is 0 Å². The minimum Gasteiger partial charge on any atom is -0.371 e. The molecule has 2 heteroatoms. The Morgan fingerprint density at radius 1 is 1.22 bits per heavy atom. The smallest absolute Gasteiger partial charge is 0.0431 e. The third-order valence-corrected chi connectivity index (χ3v) is 4.11. The van der Waals surface area contributed by atoms with Gasteiger partial charge in [0, 0.05) is 24.8 Å². The molecule has 1 aromatic carbocycles. The summed E-state index contributed by atoms with van der Waals surface area (Å²) < 4.78 is 0. The lowest BCUT2D eigenvalue weighted by atomic mass is 9.95. The van der Waals surface area contributed by atoms with E-state index in [1.165, 1.54) is 42.7 Å². The molecule has 0 atom stereocenters. The van der Waals surface area contributed by atoms with Gasteiger partial charge < -0.3 is 10.2 Å². The first-order valence-electron chi connectivity index (χ1n) is 7.15. The molecule has 100 valence electrons. The predicted molar refractivity (Wildman–Crippen MR) is 79.6 cm³/mol. The molecule has 1 heterocycles. The Bertz CT molecular complexity index is 390. The van der Waals surface area contributed by atoms with Crippen molar-refractivity contribution < 1.29 is 0 Å². The van der Waals surface area contributed by atoms with Crippen LogP contribution in [0.2, 0.25) is 0 Å². The number of rotatable bonds is 3. The largest absolute Gasteiger partial charge is 0.371 e. The minimum atomic E-state index is 0.599. The maximum absolute atomic E-state index is 3.40. The number of nitrogens with one attached hydrogen (secondary N) is 1. The highest BCUT2D eigenvalue weighted by molar-refractivity contribution is 5.60. The molecule has 1 saturated heterocycles. The maximum atomic E-state index is 3.40. The highest BCUT2D eigenvalue weighted by Gasteiger charge is 2.21. The van der Waals surface area contributed by atoms with Crippen LogP contribution in [0.5, 0.6) is 0 Å². The van der Waals surface area contributed by atoms with E-state index in [4.69, 9.17) is 0 Å². The Hall–Kier alpha value is -1.02. The van der Waals surface area contributed by atoms with Gasteiger partial charge in [0.25, 0.3) is 0 Å². The summed E-state index contributed by atoms with van der Waals surface area (Å²) in [5.41, 5.74) is 4.41. The Balaban J connectivity index is 2.23. The zero-order valence-electron chi connectivity index (χ0n) is 12.2. The number of nitrogens with zero attached hydrogens (tertiary/aromatic N) is 1. The fourth-order valence-electron chi connectivity index (χ4n) is 2.97. The summed E-state index contributed by atoms with van der Waals surface area (Å²) in [6, 6.07) is 7.42. The van der Waals surface area contributed by atoms with E-state index >= 15 is 0 Å². The van der Waals surface area contributed by atoms with Gasteiger partial charge in [-0.1, -0.05) is 32.0 Å². The molecule has 0 radical (unpaired) electrons. The van der Waals surface area contributed by atoms with Gasteiger partial charge >= 0.3 is 0 Å². The van der Waals surface area contributed by atoms with Crippen LogP contribution in [0, 0.1) is 6.92 Å². The number of aryl methyl sites for hydroxylation is 1. The quantitative estimate of drug-likeness (QED) is 0.880. The van der Waals surface area contributed by atoms with Crippen LogP contribution < -0.4 is 10.2 Å². The van der Waals surface area contributed by atoms with Crippen molar-refractivity contribution in [3.05, 3.63) is 29.3 Å². The van der Waals surface area contributed by atoms with E-state index in [1.54, 1.807) is 0 Å². The van der Waals surface area contributed by atoms with Gasteiger partial charge in [0.05, 0.1) is 0 Å². The van der Waals surface area contributed by atoms with Gasteiger partial charge in [0.1, 0.15) is 0 Å². The van der Waals surface area contributed by atoms with Crippen LogP contribution in [0.3, 0.4) is 0 Å². The Labute approximate surface area is 111 Å². The van der Waals surface area contributed by atoms with Gasteiger partial charge in [-0.2, -0.15) is 0 Å². The molecule has 1 N–H and O–H groups in total. The monoisotopic (exact) mass is 246 g/mol. The summed E-state index contributed by atoms with van der Waals surface area (Å²) in [6.45, 7) is 9.18. The minimum absolute atomic E-state index is 0.599. The summed E-state index contributed by atoms with van der Waals surface area (Å²) in [7, 11) is 2.08. The average Bonchev–Trinajstić information content (AvgIpc) is 2.38. The summed E-state index contributed by atoms with van der Waals surface area (Å²) in [4.78, 5) is 2.58. The van der Waals surface area contributed by atoms with Crippen LogP contribution in [0.1, 0.15) is 43.7 Å². The molecule has 1 fully saturated rings. The molecule has 0 aromatic heterocycles. The number of hydrogen-bond donors (Lipinski definition) is 1.